The third-order valence-corrected chi connectivity index (χ3v) is 7.87. The van der Waals surface area contributed by atoms with Crippen LogP contribution in [0.15, 0.2) is 24.3 Å². The fraction of sp³-hybridized carbons (Fsp3) is 0.375. The second-order valence-electron chi connectivity index (χ2n) is 9.32. The molecule has 2 atom stereocenters. The van der Waals surface area contributed by atoms with Crippen LogP contribution in [0.5, 0.6) is 0 Å². The lowest BCUT2D eigenvalue weighted by molar-refractivity contribution is -0.143. The summed E-state index contributed by atoms with van der Waals surface area (Å²) in [5.41, 5.74) is 1.96. The summed E-state index contributed by atoms with van der Waals surface area (Å²) in [7, 11) is 2.01. The molecule has 3 amide bonds. The van der Waals surface area contributed by atoms with Crippen LogP contribution in [0.3, 0.4) is 0 Å². The zero-order valence-electron chi connectivity index (χ0n) is 19.9. The zero-order chi connectivity index (χ0) is 26.3. The molecule has 37 heavy (non-hydrogen) atoms. The number of likely N-dealkylation sites (N-methyl/N-ethyl adjacent to an activating group) is 1. The van der Waals surface area contributed by atoms with Crippen molar-refractivity contribution in [2.24, 2.45) is 0 Å². The molecule has 11 nitrogen and oxygen atoms in total. The van der Waals surface area contributed by atoms with Crippen molar-refractivity contribution in [1.82, 2.24) is 30.4 Å². The molecule has 2 aliphatic heterocycles. The van der Waals surface area contributed by atoms with E-state index in [1.807, 2.05) is 7.05 Å². The summed E-state index contributed by atoms with van der Waals surface area (Å²) >= 11 is 7.38. The first-order valence-corrected chi connectivity index (χ1v) is 12.9. The molecular formula is C24H25ClN6O5S. The van der Waals surface area contributed by atoms with Gasteiger partial charge in [0.1, 0.15) is 12.1 Å². The zero-order valence-corrected chi connectivity index (χ0v) is 21.5. The van der Waals surface area contributed by atoms with E-state index in [-0.39, 0.29) is 19.0 Å². The van der Waals surface area contributed by atoms with Crippen LogP contribution in [0.1, 0.15) is 37.3 Å². The van der Waals surface area contributed by atoms with E-state index in [0.29, 0.717) is 15.7 Å². The highest BCUT2D eigenvalue weighted by atomic mass is 35.5. The lowest BCUT2D eigenvalue weighted by atomic mass is 10.1. The monoisotopic (exact) mass is 544 g/mol. The Morgan fingerprint density at radius 3 is 2.62 bits per heavy atom. The van der Waals surface area contributed by atoms with Crippen molar-refractivity contribution < 1.29 is 24.3 Å². The average Bonchev–Trinajstić information content (AvgIpc) is 3.55. The van der Waals surface area contributed by atoms with E-state index in [2.05, 4.69) is 25.5 Å². The number of carbonyl (C=O) groups excluding carboxylic acids is 3. The van der Waals surface area contributed by atoms with Crippen LogP contribution in [-0.4, -0.2) is 87.3 Å². The highest BCUT2D eigenvalue weighted by Gasteiger charge is 2.38. The number of carboxylic acid groups (broad SMARTS) is 1. The number of nitrogens with one attached hydrogen (secondary N) is 3. The fourth-order valence-electron chi connectivity index (χ4n) is 4.66. The molecule has 4 N–H and O–H groups in total. The number of nitrogens with zero attached hydrogens (tertiary/aromatic N) is 3. The summed E-state index contributed by atoms with van der Waals surface area (Å²) in [5.74, 6) is -2.64. The van der Waals surface area contributed by atoms with Gasteiger partial charge < -0.3 is 30.5 Å². The molecule has 5 rings (SSSR count). The highest BCUT2D eigenvalue weighted by Crippen LogP contribution is 2.25. The van der Waals surface area contributed by atoms with Crippen molar-refractivity contribution in [2.75, 3.05) is 26.7 Å². The number of hydrogen-bond donors (Lipinski definition) is 4. The van der Waals surface area contributed by atoms with Gasteiger partial charge in [0, 0.05) is 53.4 Å². The summed E-state index contributed by atoms with van der Waals surface area (Å²) in [4.78, 5) is 61.8. The standard InChI is InChI=1S/C24H25ClN6O5S/c1-30-5-4-15-19(11-30)37-24(29-15)23(36)28-18-10-31(20(32)8-21(33)34)9-17(18)27-22(35)16-7-12-6-13(25)2-3-14(12)26-16/h2-3,6-7,17-18,26H,4-5,8-11H2,1H3,(H,27,35)(H,28,36)(H,33,34). The predicted octanol–water partition coefficient (Wildman–Crippen LogP) is 1.48. The highest BCUT2D eigenvalue weighted by molar-refractivity contribution is 7.13. The van der Waals surface area contributed by atoms with Gasteiger partial charge in [0.05, 0.1) is 17.8 Å². The van der Waals surface area contributed by atoms with Crippen molar-refractivity contribution in [3.8, 4) is 0 Å². The topological polar surface area (TPSA) is 148 Å². The molecule has 0 radical (unpaired) electrons. The second kappa shape index (κ2) is 10.1. The van der Waals surface area contributed by atoms with Gasteiger partial charge in [-0.25, -0.2) is 4.98 Å². The Morgan fingerprint density at radius 1 is 1.16 bits per heavy atom. The Kier molecular flexibility index (Phi) is 6.88. The number of carbonyl (C=O) groups is 4. The maximum absolute atomic E-state index is 13.1. The molecule has 1 saturated heterocycles. The van der Waals surface area contributed by atoms with Crippen LogP contribution in [0, 0.1) is 0 Å². The van der Waals surface area contributed by atoms with E-state index in [1.54, 1.807) is 24.3 Å². The van der Waals surface area contributed by atoms with E-state index >= 15 is 0 Å². The summed E-state index contributed by atoms with van der Waals surface area (Å²) in [6.07, 6.45) is 0.0989. The lowest BCUT2D eigenvalue weighted by Gasteiger charge is -2.20. The number of amides is 3. The number of rotatable bonds is 6. The van der Waals surface area contributed by atoms with Gasteiger partial charge in [0.25, 0.3) is 11.8 Å². The van der Waals surface area contributed by atoms with Gasteiger partial charge >= 0.3 is 5.97 Å². The maximum atomic E-state index is 13.1. The first-order valence-electron chi connectivity index (χ1n) is 11.7. The van der Waals surface area contributed by atoms with Crippen LogP contribution in [-0.2, 0) is 22.6 Å². The number of H-pyrrole nitrogens is 1. The van der Waals surface area contributed by atoms with Gasteiger partial charge in [0.15, 0.2) is 5.01 Å². The third-order valence-electron chi connectivity index (χ3n) is 6.55. The molecule has 4 heterocycles. The minimum Gasteiger partial charge on any atom is -0.481 e. The van der Waals surface area contributed by atoms with Crippen molar-refractivity contribution in [3.63, 3.8) is 0 Å². The Morgan fingerprint density at radius 2 is 1.89 bits per heavy atom. The molecule has 1 fully saturated rings. The molecule has 2 aromatic heterocycles. The minimum absolute atomic E-state index is 0.0635. The van der Waals surface area contributed by atoms with Gasteiger partial charge in [-0.3, -0.25) is 19.2 Å². The van der Waals surface area contributed by atoms with E-state index < -0.39 is 36.3 Å². The van der Waals surface area contributed by atoms with Gasteiger partial charge in [-0.05, 0) is 31.3 Å². The SMILES string of the molecule is CN1CCc2nc(C(=O)NC3CN(C(=O)CC(=O)O)CC3NC(=O)c3cc4cc(Cl)ccc4[nH]3)sc2C1. The average molecular weight is 545 g/mol. The molecule has 0 bridgehead atoms. The molecule has 1 aromatic carbocycles. The number of aromatic nitrogens is 2. The number of thiazole rings is 1. The fourth-order valence-corrected chi connectivity index (χ4v) is 5.94. The Labute approximate surface area is 220 Å². The molecule has 13 heteroatoms. The number of likely N-dealkylation sites (tertiary alicyclic amines) is 1. The summed E-state index contributed by atoms with van der Waals surface area (Å²) in [5, 5.41) is 16.5. The number of carboxylic acids is 1. The normalized spacial score (nSPS) is 19.6. The summed E-state index contributed by atoms with van der Waals surface area (Å²) in [6.45, 7) is 1.73. The van der Waals surface area contributed by atoms with Crippen molar-refractivity contribution >= 4 is 57.5 Å². The number of aromatic amines is 1. The van der Waals surface area contributed by atoms with E-state index in [9.17, 15) is 19.2 Å². The first kappa shape index (κ1) is 25.2. The molecule has 3 aromatic rings. The van der Waals surface area contributed by atoms with Gasteiger partial charge in [-0.2, -0.15) is 0 Å². The van der Waals surface area contributed by atoms with Crippen molar-refractivity contribution in [1.29, 1.82) is 0 Å². The molecule has 2 aliphatic rings. The van der Waals surface area contributed by atoms with Crippen LogP contribution < -0.4 is 10.6 Å². The third kappa shape index (κ3) is 5.45. The molecule has 0 spiro atoms. The number of aliphatic carboxylic acids is 1. The number of fused-ring (bicyclic) bond motifs is 2. The molecule has 0 saturated carbocycles. The summed E-state index contributed by atoms with van der Waals surface area (Å²) in [6, 6.07) is 5.63. The Bertz CT molecular complexity index is 1400. The Balaban J connectivity index is 1.33. The van der Waals surface area contributed by atoms with Crippen LogP contribution in [0.4, 0.5) is 0 Å². The van der Waals surface area contributed by atoms with Crippen LogP contribution >= 0.6 is 22.9 Å². The van der Waals surface area contributed by atoms with Gasteiger partial charge in [0.2, 0.25) is 5.91 Å². The van der Waals surface area contributed by atoms with Gasteiger partial charge in [-0.15, -0.1) is 11.3 Å². The maximum Gasteiger partial charge on any atom is 0.312 e. The quantitative estimate of drug-likeness (QED) is 0.343. The number of halogens is 1. The molecular weight excluding hydrogens is 520 g/mol. The first-order chi connectivity index (χ1) is 17.7. The minimum atomic E-state index is -1.24. The number of hydrogen-bond acceptors (Lipinski definition) is 7. The summed E-state index contributed by atoms with van der Waals surface area (Å²) < 4.78 is 0. The van der Waals surface area contributed by atoms with E-state index in [4.69, 9.17) is 16.7 Å². The lowest BCUT2D eigenvalue weighted by Crippen LogP contribution is -2.51. The van der Waals surface area contributed by atoms with Crippen molar-refractivity contribution in [2.45, 2.75) is 31.5 Å². The smallest absolute Gasteiger partial charge is 0.312 e. The Hall–Kier alpha value is -3.48. The van der Waals surface area contributed by atoms with Crippen molar-refractivity contribution in [3.05, 3.63) is 50.6 Å². The molecule has 0 aliphatic carbocycles. The number of benzene rings is 1. The predicted molar refractivity (Wildman–Crippen MR) is 137 cm³/mol. The molecule has 194 valence electrons. The largest absolute Gasteiger partial charge is 0.481 e. The second-order valence-corrected chi connectivity index (χ2v) is 10.8. The van der Waals surface area contributed by atoms with E-state index in [0.717, 1.165) is 41.0 Å². The van der Waals surface area contributed by atoms with Crippen LogP contribution in [0.25, 0.3) is 10.9 Å². The van der Waals surface area contributed by atoms with Gasteiger partial charge in [-0.1, -0.05) is 11.6 Å². The van der Waals surface area contributed by atoms with Crippen LogP contribution in [0.2, 0.25) is 5.02 Å². The molecule has 2 unspecified atom stereocenters. The van der Waals surface area contributed by atoms with E-state index in [1.165, 1.54) is 16.2 Å².